The van der Waals surface area contributed by atoms with E-state index in [0.29, 0.717) is 6.07 Å². The molecule has 0 aliphatic heterocycles. The summed E-state index contributed by atoms with van der Waals surface area (Å²) in [7, 11) is 0. The second kappa shape index (κ2) is 6.29. The van der Waals surface area contributed by atoms with Crippen LogP contribution in [0.2, 0.25) is 0 Å². The first kappa shape index (κ1) is 14.9. The number of benzene rings is 1. The third kappa shape index (κ3) is 3.33. The number of nitrogens with one attached hydrogen (secondary N) is 2. The second-order valence-electron chi connectivity index (χ2n) is 4.06. The number of hydrazine groups is 1. The summed E-state index contributed by atoms with van der Waals surface area (Å²) < 4.78 is 13.5. The van der Waals surface area contributed by atoms with Crippen molar-refractivity contribution >= 4 is 28.6 Å². The van der Waals surface area contributed by atoms with Crippen molar-refractivity contribution in [3.8, 4) is 0 Å². The van der Waals surface area contributed by atoms with Gasteiger partial charge in [-0.15, -0.1) is 0 Å². The average molecular weight is 310 g/mol. The zero-order valence-electron chi connectivity index (χ0n) is 10.6. The van der Waals surface area contributed by atoms with Crippen molar-refractivity contribution in [3.63, 3.8) is 0 Å². The molecule has 1 amide bonds. The Morgan fingerprint density at radius 3 is 2.81 bits per heavy atom. The number of hydrogen-bond donors (Lipinski definition) is 3. The van der Waals surface area contributed by atoms with Gasteiger partial charge in [0.1, 0.15) is 5.56 Å². The summed E-state index contributed by atoms with van der Waals surface area (Å²) in [5.41, 5.74) is 1.85. The molecular formula is C12H11FN4O3S. The molecular weight excluding hydrogens is 299 g/mol. The van der Waals surface area contributed by atoms with Gasteiger partial charge in [0.2, 0.25) is 0 Å². The fourth-order valence-corrected chi connectivity index (χ4v) is 2.35. The second-order valence-corrected chi connectivity index (χ2v) is 4.84. The average Bonchev–Trinajstić information content (AvgIpc) is 2.97. The molecule has 21 heavy (non-hydrogen) atoms. The van der Waals surface area contributed by atoms with Crippen molar-refractivity contribution in [3.05, 3.63) is 56.0 Å². The molecule has 7 nitrogen and oxygen atoms in total. The molecule has 110 valence electrons. The number of nitrogen functional groups attached to an aromatic ring is 1. The maximum atomic E-state index is 13.5. The molecule has 4 N–H and O–H groups in total. The number of nitro groups is 1. The van der Waals surface area contributed by atoms with E-state index in [2.05, 4.69) is 10.7 Å². The highest BCUT2D eigenvalue weighted by Gasteiger charge is 2.23. The van der Waals surface area contributed by atoms with Crippen LogP contribution in [0.4, 0.5) is 15.8 Å². The lowest BCUT2D eigenvalue weighted by molar-refractivity contribution is -0.385. The number of carbonyl (C=O) groups excluding carboxylic acids is 1. The summed E-state index contributed by atoms with van der Waals surface area (Å²) in [6.45, 7) is 0.224. The fourth-order valence-electron chi connectivity index (χ4n) is 1.68. The normalized spacial score (nSPS) is 10.2. The molecule has 0 unspecified atom stereocenters. The van der Waals surface area contributed by atoms with Crippen molar-refractivity contribution in [1.82, 2.24) is 5.32 Å². The van der Waals surface area contributed by atoms with Gasteiger partial charge in [0.25, 0.3) is 11.6 Å². The highest BCUT2D eigenvalue weighted by Crippen LogP contribution is 2.25. The Bertz CT molecular complexity index is 675. The van der Waals surface area contributed by atoms with Crippen molar-refractivity contribution in [2.45, 2.75) is 6.54 Å². The first-order valence-corrected chi connectivity index (χ1v) is 6.71. The third-order valence-electron chi connectivity index (χ3n) is 2.72. The molecule has 2 aromatic rings. The van der Waals surface area contributed by atoms with Crippen LogP contribution in [0.25, 0.3) is 0 Å². The summed E-state index contributed by atoms with van der Waals surface area (Å²) in [5.74, 6) is 3.53. The molecule has 0 aliphatic carbocycles. The molecule has 0 bridgehead atoms. The van der Waals surface area contributed by atoms with Gasteiger partial charge in [-0.2, -0.15) is 11.3 Å². The van der Waals surface area contributed by atoms with E-state index in [0.717, 1.165) is 11.6 Å². The van der Waals surface area contributed by atoms with Crippen molar-refractivity contribution in [1.29, 1.82) is 0 Å². The van der Waals surface area contributed by atoms with Gasteiger partial charge in [-0.1, -0.05) is 0 Å². The number of rotatable bonds is 5. The van der Waals surface area contributed by atoms with E-state index in [1.807, 2.05) is 16.8 Å². The summed E-state index contributed by atoms with van der Waals surface area (Å²) in [6, 6.07) is 3.49. The largest absolute Gasteiger partial charge is 0.348 e. The molecule has 2 rings (SSSR count). The van der Waals surface area contributed by atoms with Crippen LogP contribution in [0.5, 0.6) is 0 Å². The topological polar surface area (TPSA) is 110 Å². The van der Waals surface area contributed by atoms with Crippen LogP contribution in [0.15, 0.2) is 29.0 Å². The monoisotopic (exact) mass is 310 g/mol. The summed E-state index contributed by atoms with van der Waals surface area (Å²) >= 11 is 1.47. The quantitative estimate of drug-likeness (QED) is 0.444. The molecule has 9 heteroatoms. The standard InChI is InChI=1S/C12H11FN4O3S/c13-9-4-11(17(19)20)8(3-10(9)16-14)12(18)15-5-7-1-2-21-6-7/h1-4,6,16H,5,14H2,(H,15,18). The maximum absolute atomic E-state index is 13.5. The molecule has 0 spiro atoms. The summed E-state index contributed by atoms with van der Waals surface area (Å²) in [4.78, 5) is 22.1. The lowest BCUT2D eigenvalue weighted by Gasteiger charge is -2.08. The molecule has 1 aromatic heterocycles. The molecule has 0 fully saturated rings. The van der Waals surface area contributed by atoms with E-state index in [4.69, 9.17) is 5.84 Å². The van der Waals surface area contributed by atoms with E-state index in [1.54, 1.807) is 0 Å². The van der Waals surface area contributed by atoms with Gasteiger partial charge in [0.05, 0.1) is 16.7 Å². The highest BCUT2D eigenvalue weighted by molar-refractivity contribution is 7.07. The highest BCUT2D eigenvalue weighted by atomic mass is 32.1. The molecule has 0 radical (unpaired) electrons. The van der Waals surface area contributed by atoms with Crippen LogP contribution in [0.1, 0.15) is 15.9 Å². The predicted molar refractivity (Wildman–Crippen MR) is 76.4 cm³/mol. The SMILES string of the molecule is NNc1cc(C(=O)NCc2ccsc2)c([N+](=O)[O-])cc1F. The van der Waals surface area contributed by atoms with Gasteiger partial charge in [0, 0.05) is 6.54 Å². The first-order chi connectivity index (χ1) is 10.0. The number of nitrogens with two attached hydrogens (primary N) is 1. The minimum absolute atomic E-state index is 0.193. The van der Waals surface area contributed by atoms with Crippen molar-refractivity contribution in [2.24, 2.45) is 5.84 Å². The molecule has 0 saturated heterocycles. The zero-order valence-corrected chi connectivity index (χ0v) is 11.4. The Hall–Kier alpha value is -2.52. The Morgan fingerprint density at radius 1 is 1.48 bits per heavy atom. The fraction of sp³-hybridized carbons (Fsp3) is 0.0833. The van der Waals surface area contributed by atoms with Crippen LogP contribution in [0, 0.1) is 15.9 Å². The molecule has 0 atom stereocenters. The number of carbonyl (C=O) groups is 1. The van der Waals surface area contributed by atoms with Gasteiger partial charge >= 0.3 is 0 Å². The minimum Gasteiger partial charge on any atom is -0.348 e. The van der Waals surface area contributed by atoms with E-state index in [-0.39, 0.29) is 17.8 Å². The van der Waals surface area contributed by atoms with Gasteiger partial charge in [-0.3, -0.25) is 20.8 Å². The smallest absolute Gasteiger partial charge is 0.285 e. The Labute approximate surface area is 122 Å². The van der Waals surface area contributed by atoms with Crippen LogP contribution >= 0.6 is 11.3 Å². The molecule has 0 saturated carbocycles. The molecule has 0 aliphatic rings. The summed E-state index contributed by atoms with van der Waals surface area (Å²) in [5, 5.41) is 17.1. The number of amides is 1. The maximum Gasteiger partial charge on any atom is 0.285 e. The van der Waals surface area contributed by atoms with Crippen molar-refractivity contribution < 1.29 is 14.1 Å². The van der Waals surface area contributed by atoms with E-state index in [9.17, 15) is 19.3 Å². The number of nitrogens with zero attached hydrogens (tertiary/aromatic N) is 1. The van der Waals surface area contributed by atoms with Gasteiger partial charge < -0.3 is 10.7 Å². The van der Waals surface area contributed by atoms with Gasteiger partial charge in [0.15, 0.2) is 5.82 Å². The number of halogens is 1. The summed E-state index contributed by atoms with van der Waals surface area (Å²) in [6.07, 6.45) is 0. The Kier molecular flexibility index (Phi) is 4.45. The Morgan fingerprint density at radius 2 is 2.24 bits per heavy atom. The van der Waals surface area contributed by atoms with Crippen LogP contribution < -0.4 is 16.6 Å². The van der Waals surface area contributed by atoms with E-state index < -0.39 is 22.3 Å². The van der Waals surface area contributed by atoms with Crippen LogP contribution in [-0.4, -0.2) is 10.8 Å². The van der Waals surface area contributed by atoms with Crippen molar-refractivity contribution in [2.75, 3.05) is 5.43 Å². The number of anilines is 1. The third-order valence-corrected chi connectivity index (χ3v) is 3.45. The molecule has 1 aromatic carbocycles. The first-order valence-electron chi connectivity index (χ1n) is 5.76. The Balaban J connectivity index is 2.27. The lowest BCUT2D eigenvalue weighted by Crippen LogP contribution is -2.24. The zero-order chi connectivity index (χ0) is 15.4. The number of nitro benzene ring substituents is 1. The van der Waals surface area contributed by atoms with Crippen LogP contribution in [-0.2, 0) is 6.54 Å². The number of hydrogen-bond acceptors (Lipinski definition) is 6. The van der Waals surface area contributed by atoms with Gasteiger partial charge in [-0.05, 0) is 28.5 Å². The minimum atomic E-state index is -0.904. The van der Waals surface area contributed by atoms with Crippen LogP contribution in [0.3, 0.4) is 0 Å². The predicted octanol–water partition coefficient (Wildman–Crippen LogP) is 2.01. The van der Waals surface area contributed by atoms with E-state index in [1.165, 1.54) is 11.3 Å². The number of thiophene rings is 1. The molecule has 1 heterocycles. The van der Waals surface area contributed by atoms with Gasteiger partial charge in [-0.25, -0.2) is 4.39 Å². The lowest BCUT2D eigenvalue weighted by atomic mass is 10.1. The van der Waals surface area contributed by atoms with E-state index >= 15 is 0 Å².